The summed E-state index contributed by atoms with van der Waals surface area (Å²) in [6.45, 7) is 56.1. The fraction of sp³-hybridized carbons (Fsp3) is 0.822. The van der Waals surface area contributed by atoms with Gasteiger partial charge in [-0.15, -0.1) is 0 Å². The monoisotopic (exact) mass is 1090 g/mol. The fourth-order valence-corrected chi connectivity index (χ4v) is 43.9. The van der Waals surface area contributed by atoms with Crippen LogP contribution in [0.3, 0.4) is 0 Å². The van der Waals surface area contributed by atoms with Crippen LogP contribution in [0.25, 0.3) is 0 Å². The first kappa shape index (κ1) is 70.3. The first-order chi connectivity index (χ1) is 29.3. The highest BCUT2D eigenvalue weighted by molar-refractivity contribution is 6.90. The number of carbonyl (C=O) groups is 4. The van der Waals surface area contributed by atoms with Crippen molar-refractivity contribution in [2.24, 2.45) is 29.4 Å². The zero-order valence-corrected chi connectivity index (χ0v) is 53.8. The van der Waals surface area contributed by atoms with Crippen molar-refractivity contribution in [3.63, 3.8) is 0 Å². The van der Waals surface area contributed by atoms with Gasteiger partial charge in [-0.1, -0.05) is 59.4 Å². The van der Waals surface area contributed by atoms with Gasteiger partial charge in [0.25, 0.3) is 0 Å². The van der Waals surface area contributed by atoms with Gasteiger partial charge in [-0.3, -0.25) is 19.2 Å². The van der Waals surface area contributed by atoms with E-state index in [1.165, 1.54) is 0 Å². The highest BCUT2D eigenvalue weighted by atomic mass is 28.5. The number of nitrogens with one attached hydrogen (secondary N) is 1. The number of ether oxygens (including phenoxy) is 1. The number of carboxylic acid groups (broad SMARTS) is 1. The third kappa shape index (κ3) is 36.6. The van der Waals surface area contributed by atoms with Crippen LogP contribution in [0.4, 0.5) is 0 Å². The van der Waals surface area contributed by atoms with Gasteiger partial charge in [0.1, 0.15) is 0 Å². The van der Waals surface area contributed by atoms with Gasteiger partial charge in [0.05, 0.1) is 24.7 Å². The van der Waals surface area contributed by atoms with Crippen LogP contribution in [-0.4, -0.2) is 110 Å². The molecule has 1 fully saturated rings. The molecule has 0 spiro atoms. The van der Waals surface area contributed by atoms with Crippen LogP contribution in [0.15, 0.2) is 24.3 Å². The number of carboxylic acids is 1. The zero-order valence-electron chi connectivity index (χ0n) is 45.8. The summed E-state index contributed by atoms with van der Waals surface area (Å²) in [6.07, 6.45) is 3.00. The molecule has 4 atom stereocenters. The van der Waals surface area contributed by atoms with E-state index >= 15 is 0 Å². The van der Waals surface area contributed by atoms with Crippen molar-refractivity contribution >= 4 is 91.3 Å². The number of aliphatic carboxylic acids is 1. The number of hydrogen-bond acceptors (Lipinski definition) is 12. The third-order valence-corrected chi connectivity index (χ3v) is 36.0. The lowest BCUT2D eigenvalue weighted by atomic mass is 9.89. The van der Waals surface area contributed by atoms with E-state index in [0.717, 1.165) is 30.5 Å². The standard InChI is InChI=1S/C22H49NO6Si4.C12H35NO3Si4.C10H14O3.CH4/c1-18(2)16-19(3)20(17-21(24)25)22(26)23-14-13-15-33(12,28-31(7,8)9)29-32(10,11)27-30(4,5)6;1-17(2,3)14-19(7,8)16-20(9,12-10-11-13)15-18(4,5)6;1-6(2)4-7(3)8-5-9(11)13-10(8)12;/h18,20H,3,13-17H2,1-2,4-12H3,(H,23,26)(H,24,25);10-13H2,1-9H3;6,8H,3-5H2,1-2H3;1H4. The summed E-state index contributed by atoms with van der Waals surface area (Å²) < 4.78 is 43.4. The molecule has 1 saturated heterocycles. The average molecular weight is 1090 g/mol. The van der Waals surface area contributed by atoms with Gasteiger partial charge in [-0.05, 0) is 174 Å². The van der Waals surface area contributed by atoms with E-state index in [0.29, 0.717) is 43.3 Å². The van der Waals surface area contributed by atoms with E-state index in [2.05, 4.69) is 141 Å². The highest BCUT2D eigenvalue weighted by Gasteiger charge is 2.45. The van der Waals surface area contributed by atoms with E-state index in [-0.39, 0.29) is 26.2 Å². The lowest BCUT2D eigenvalue weighted by Crippen LogP contribution is -2.57. The van der Waals surface area contributed by atoms with Gasteiger partial charge in [0.15, 0.2) is 33.3 Å². The van der Waals surface area contributed by atoms with Crippen LogP contribution < -0.4 is 11.1 Å². The molecule has 1 aliphatic rings. The largest absolute Gasteiger partial charge is 0.481 e. The number of esters is 2. The van der Waals surface area contributed by atoms with Crippen molar-refractivity contribution in [3.8, 4) is 0 Å². The van der Waals surface area contributed by atoms with E-state index in [1.54, 1.807) is 0 Å². The Bertz CT molecular complexity index is 1570. The van der Waals surface area contributed by atoms with Crippen molar-refractivity contribution in [1.82, 2.24) is 5.32 Å². The second kappa shape index (κ2) is 29.5. The Labute approximate surface area is 418 Å². The number of carbonyl (C=O) groups excluding carboxylic acids is 3. The number of hydrogen-bond donors (Lipinski definition) is 3. The quantitative estimate of drug-likeness (QED) is 0.0221. The van der Waals surface area contributed by atoms with E-state index in [9.17, 15) is 24.3 Å². The summed E-state index contributed by atoms with van der Waals surface area (Å²) in [5.74, 6) is -2.46. The normalized spacial score (nSPS) is 17.2. The molecule has 0 aliphatic carbocycles. The van der Waals surface area contributed by atoms with E-state index in [4.69, 9.17) is 30.4 Å². The molecule has 67 heavy (non-hydrogen) atoms. The number of cyclic esters (lactones) is 2. The predicted molar refractivity (Wildman–Crippen MR) is 298 cm³/mol. The number of nitrogens with two attached hydrogens (primary N) is 1. The van der Waals surface area contributed by atoms with Crippen molar-refractivity contribution in [2.45, 2.75) is 204 Å². The Balaban J connectivity index is -0.00000102. The lowest BCUT2D eigenvalue weighted by Gasteiger charge is -2.41. The van der Waals surface area contributed by atoms with Crippen molar-refractivity contribution in [3.05, 3.63) is 24.3 Å². The van der Waals surface area contributed by atoms with Crippen LogP contribution in [0.2, 0.25) is 130 Å². The molecule has 4 N–H and O–H groups in total. The molecule has 14 nitrogen and oxygen atoms in total. The minimum atomic E-state index is -2.53. The Hall–Kier alpha value is -0.985. The molecular formula is C45H102N2O12Si8. The van der Waals surface area contributed by atoms with Crippen molar-refractivity contribution in [2.75, 3.05) is 13.1 Å². The Kier molecular flexibility index (Phi) is 31.0. The minimum Gasteiger partial charge on any atom is -0.481 e. The minimum absolute atomic E-state index is 0. The maximum atomic E-state index is 12.8. The number of amides is 1. The van der Waals surface area contributed by atoms with Gasteiger partial charge in [-0.2, -0.15) is 0 Å². The molecule has 0 aromatic heterocycles. The smallest absolute Gasteiger partial charge is 0.321 e. The number of rotatable bonds is 28. The van der Waals surface area contributed by atoms with Gasteiger partial charge in [0.2, 0.25) is 5.91 Å². The summed E-state index contributed by atoms with van der Waals surface area (Å²) >= 11 is 0. The molecule has 4 unspecified atom stereocenters. The molecular weight excluding hydrogens is 985 g/mol. The zero-order chi connectivity index (χ0) is 52.5. The van der Waals surface area contributed by atoms with E-state index < -0.39 is 97.3 Å². The fourth-order valence-electron chi connectivity index (χ4n) is 7.98. The lowest BCUT2D eigenvalue weighted by molar-refractivity contribution is -0.152. The average Bonchev–Trinajstić information content (AvgIpc) is 3.37. The molecule has 0 radical (unpaired) electrons. The van der Waals surface area contributed by atoms with Gasteiger partial charge in [0, 0.05) is 6.54 Å². The summed E-state index contributed by atoms with van der Waals surface area (Å²) in [6, 6.07) is 1.69. The molecule has 1 amide bonds. The second-order valence-corrected chi connectivity index (χ2v) is 56.6. The van der Waals surface area contributed by atoms with Crippen LogP contribution in [0, 0.1) is 23.7 Å². The Morgan fingerprint density at radius 3 is 1.36 bits per heavy atom. The maximum Gasteiger partial charge on any atom is 0.321 e. The summed E-state index contributed by atoms with van der Waals surface area (Å²) in [5, 5.41) is 12.2. The van der Waals surface area contributed by atoms with Crippen molar-refractivity contribution < 1.29 is 53.7 Å². The van der Waals surface area contributed by atoms with Crippen molar-refractivity contribution in [1.29, 1.82) is 0 Å². The van der Waals surface area contributed by atoms with Gasteiger partial charge < -0.3 is 45.6 Å². The van der Waals surface area contributed by atoms with Gasteiger partial charge in [-0.25, -0.2) is 0 Å². The maximum absolute atomic E-state index is 12.8. The van der Waals surface area contributed by atoms with Gasteiger partial charge >= 0.3 is 52.2 Å². The predicted octanol–water partition coefficient (Wildman–Crippen LogP) is 11.8. The summed E-state index contributed by atoms with van der Waals surface area (Å²) in [5.41, 5.74) is 7.16. The van der Waals surface area contributed by atoms with Crippen LogP contribution in [0.5, 0.6) is 0 Å². The topological polar surface area (TPSA) is 191 Å². The SMILES string of the molecule is C.C=C(CC(C)C)C(CC(=O)O)C(=O)NCCC[Si](C)(O[Si](C)(C)C)O[Si](C)(C)O[Si](C)(C)C.C=C(CC(C)C)C1CC(=O)OC1=O.C[Si](C)(C)O[Si](C)(C)O[Si](C)(CCCN)O[Si](C)(C)C. The third-order valence-electron chi connectivity index (χ3n) is 8.90. The molecule has 1 aliphatic heterocycles. The molecule has 0 aromatic rings. The van der Waals surface area contributed by atoms with Crippen LogP contribution in [0.1, 0.15) is 73.6 Å². The molecule has 22 heteroatoms. The first-order valence-electron chi connectivity index (χ1n) is 23.8. The summed E-state index contributed by atoms with van der Waals surface area (Å²) in [7, 11) is -16.1. The highest BCUT2D eigenvalue weighted by Crippen LogP contribution is 2.30. The Morgan fingerprint density at radius 1 is 0.657 bits per heavy atom. The molecule has 1 rings (SSSR count). The molecule has 396 valence electrons. The molecule has 0 aromatic carbocycles. The van der Waals surface area contributed by atoms with E-state index in [1.807, 2.05) is 27.7 Å². The van der Waals surface area contributed by atoms with Crippen LogP contribution >= 0.6 is 0 Å². The summed E-state index contributed by atoms with van der Waals surface area (Å²) in [4.78, 5) is 45.9. The second-order valence-electron chi connectivity index (χ2n) is 23.6. The Morgan fingerprint density at radius 2 is 1.04 bits per heavy atom. The molecule has 0 saturated carbocycles. The molecule has 0 bridgehead atoms. The van der Waals surface area contributed by atoms with Crippen LogP contribution in [-0.2, 0) is 48.6 Å². The molecule has 1 heterocycles. The first-order valence-corrected chi connectivity index (χ1v) is 48.1.